The first-order chi connectivity index (χ1) is 14.2. The van der Waals surface area contributed by atoms with Gasteiger partial charge in [0.25, 0.3) is 5.56 Å². The zero-order chi connectivity index (χ0) is 21.7. The first-order valence-electron chi connectivity index (χ1n) is 9.50. The fourth-order valence-corrected chi connectivity index (χ4v) is 3.53. The van der Waals surface area contributed by atoms with Crippen molar-refractivity contribution in [2.45, 2.75) is 12.7 Å². The Labute approximate surface area is 176 Å². The summed E-state index contributed by atoms with van der Waals surface area (Å²) in [6.45, 7) is 3.86. The van der Waals surface area contributed by atoms with Crippen molar-refractivity contribution < 1.29 is 18.0 Å². The van der Waals surface area contributed by atoms with E-state index in [-0.39, 0.29) is 0 Å². The van der Waals surface area contributed by atoms with Gasteiger partial charge in [0.05, 0.1) is 5.56 Å². The number of para-hydroxylation sites is 1. The molecule has 1 aromatic heterocycles. The Kier molecular flexibility index (Phi) is 7.04. The third-order valence-electron chi connectivity index (χ3n) is 4.93. The molecule has 2 aromatic rings. The van der Waals surface area contributed by atoms with Gasteiger partial charge in [-0.3, -0.25) is 14.5 Å². The van der Waals surface area contributed by atoms with Gasteiger partial charge in [-0.15, -0.1) is 0 Å². The number of hydrogen-bond acceptors (Lipinski definition) is 4. The monoisotopic (exact) mass is 442 g/mol. The Morgan fingerprint density at radius 2 is 1.77 bits per heavy atom. The summed E-state index contributed by atoms with van der Waals surface area (Å²) in [5, 5.41) is 2.07. The lowest BCUT2D eigenvalue weighted by molar-refractivity contribution is -0.138. The number of hydrogen-bond donors (Lipinski definition) is 1. The molecule has 1 saturated heterocycles. The molecule has 0 unspecified atom stereocenters. The number of benzene rings is 1. The topological polar surface area (TPSA) is 57.6 Å². The predicted octanol–water partition coefficient (Wildman–Crippen LogP) is 2.46. The molecular formula is C20H22ClF3N4O2. The van der Waals surface area contributed by atoms with Crippen LogP contribution in [0.4, 0.5) is 18.9 Å². The van der Waals surface area contributed by atoms with Crippen LogP contribution in [-0.2, 0) is 17.5 Å². The highest BCUT2D eigenvalue weighted by Gasteiger charge is 2.32. The number of amides is 1. The highest BCUT2D eigenvalue weighted by molar-refractivity contribution is 6.30. The molecule has 2 heterocycles. The fraction of sp³-hybridized carbons (Fsp3) is 0.400. The first kappa shape index (κ1) is 22.2. The van der Waals surface area contributed by atoms with Gasteiger partial charge < -0.3 is 14.8 Å². The predicted molar refractivity (Wildman–Crippen MR) is 109 cm³/mol. The number of nitrogens with zero attached hydrogens (tertiary/aromatic N) is 3. The number of piperazine rings is 1. The molecule has 10 heteroatoms. The summed E-state index contributed by atoms with van der Waals surface area (Å²) >= 11 is 5.59. The minimum absolute atomic E-state index is 0.339. The normalized spacial score (nSPS) is 15.3. The lowest BCUT2D eigenvalue weighted by atomic mass is 10.2. The minimum atomic E-state index is -4.66. The van der Waals surface area contributed by atoms with Crippen LogP contribution in [0.15, 0.2) is 47.4 Å². The molecule has 0 saturated carbocycles. The summed E-state index contributed by atoms with van der Waals surface area (Å²) in [7, 11) is 0. The molecule has 1 aromatic carbocycles. The van der Waals surface area contributed by atoms with E-state index in [9.17, 15) is 22.8 Å². The van der Waals surface area contributed by atoms with Gasteiger partial charge in [0.2, 0.25) is 5.91 Å². The van der Waals surface area contributed by atoms with Crippen molar-refractivity contribution in [2.24, 2.45) is 0 Å². The molecule has 0 aliphatic carbocycles. The number of pyridine rings is 1. The van der Waals surface area contributed by atoms with Crippen molar-refractivity contribution in [1.82, 2.24) is 14.8 Å². The van der Waals surface area contributed by atoms with E-state index in [2.05, 4.69) is 27.2 Å². The molecule has 1 N–H and O–H groups in total. The van der Waals surface area contributed by atoms with Gasteiger partial charge in [-0.05, 0) is 18.2 Å². The van der Waals surface area contributed by atoms with Crippen LogP contribution in [0.2, 0.25) is 5.02 Å². The van der Waals surface area contributed by atoms with Crippen LogP contribution in [-0.4, -0.2) is 54.6 Å². The van der Waals surface area contributed by atoms with Crippen molar-refractivity contribution in [3.8, 4) is 0 Å². The maximum absolute atomic E-state index is 12.9. The highest BCUT2D eigenvalue weighted by atomic mass is 35.5. The maximum Gasteiger partial charge on any atom is 0.417 e. The first-order valence-corrected chi connectivity index (χ1v) is 9.88. The summed E-state index contributed by atoms with van der Waals surface area (Å²) in [5.74, 6) is -0.546. The molecule has 0 radical (unpaired) electrons. The molecule has 0 spiro atoms. The molecule has 1 amide bonds. The summed E-state index contributed by atoms with van der Waals surface area (Å²) in [4.78, 5) is 28.5. The Morgan fingerprint density at radius 1 is 1.10 bits per heavy atom. The standard InChI is InChI=1S/C20H22ClF3N4O2/c21-17-12-15(20(22,23)24)13-28(19(17)30)14-18(29)25-6-7-26-8-10-27(11-9-26)16-4-2-1-3-5-16/h1-5,12-13H,6-11,14H2,(H,25,29). The molecule has 1 aliphatic heterocycles. The van der Waals surface area contributed by atoms with E-state index in [4.69, 9.17) is 11.6 Å². The van der Waals surface area contributed by atoms with Crippen LogP contribution < -0.4 is 15.8 Å². The van der Waals surface area contributed by atoms with Crippen LogP contribution in [0.3, 0.4) is 0 Å². The summed E-state index contributed by atoms with van der Waals surface area (Å²) in [6, 6.07) is 10.7. The smallest absolute Gasteiger partial charge is 0.369 e. The van der Waals surface area contributed by atoms with Crippen LogP contribution >= 0.6 is 11.6 Å². The average Bonchev–Trinajstić information content (AvgIpc) is 2.71. The molecule has 30 heavy (non-hydrogen) atoms. The number of nitrogens with one attached hydrogen (secondary N) is 1. The Hall–Kier alpha value is -2.52. The number of aromatic nitrogens is 1. The van der Waals surface area contributed by atoms with Gasteiger partial charge in [0.1, 0.15) is 11.6 Å². The Morgan fingerprint density at radius 3 is 2.40 bits per heavy atom. The minimum Gasteiger partial charge on any atom is -0.369 e. The summed E-state index contributed by atoms with van der Waals surface area (Å²) in [5.41, 5.74) is -0.733. The summed E-state index contributed by atoms with van der Waals surface area (Å²) in [6.07, 6.45) is -4.05. The van der Waals surface area contributed by atoms with E-state index in [1.807, 2.05) is 18.2 Å². The van der Waals surface area contributed by atoms with Crippen LogP contribution in [0, 0.1) is 0 Å². The second kappa shape index (κ2) is 9.53. The quantitative estimate of drug-likeness (QED) is 0.746. The van der Waals surface area contributed by atoms with E-state index in [1.165, 1.54) is 5.69 Å². The molecule has 6 nitrogen and oxygen atoms in total. The van der Waals surface area contributed by atoms with E-state index in [0.717, 1.165) is 26.2 Å². The van der Waals surface area contributed by atoms with Crippen LogP contribution in [0.5, 0.6) is 0 Å². The molecule has 162 valence electrons. The zero-order valence-corrected chi connectivity index (χ0v) is 16.9. The zero-order valence-electron chi connectivity index (χ0n) is 16.2. The van der Waals surface area contributed by atoms with Crippen molar-refractivity contribution >= 4 is 23.2 Å². The van der Waals surface area contributed by atoms with Gasteiger partial charge in [-0.25, -0.2) is 0 Å². The highest BCUT2D eigenvalue weighted by Crippen LogP contribution is 2.29. The molecule has 1 aliphatic rings. The van der Waals surface area contributed by atoms with Gasteiger partial charge in [-0.2, -0.15) is 13.2 Å². The van der Waals surface area contributed by atoms with Crippen molar-refractivity contribution in [3.05, 3.63) is 63.5 Å². The lowest BCUT2D eigenvalue weighted by Gasteiger charge is -2.36. The maximum atomic E-state index is 12.9. The van der Waals surface area contributed by atoms with Gasteiger partial charge in [0.15, 0.2) is 0 Å². The van der Waals surface area contributed by atoms with Crippen LogP contribution in [0.1, 0.15) is 5.56 Å². The number of carbonyl (C=O) groups excluding carboxylic acids is 1. The third-order valence-corrected chi connectivity index (χ3v) is 5.20. The molecule has 0 atom stereocenters. The van der Waals surface area contributed by atoms with E-state index < -0.39 is 34.8 Å². The largest absolute Gasteiger partial charge is 0.417 e. The van der Waals surface area contributed by atoms with Crippen molar-refractivity contribution in [2.75, 3.05) is 44.2 Å². The second-order valence-electron chi connectivity index (χ2n) is 7.02. The van der Waals surface area contributed by atoms with Gasteiger partial charge >= 0.3 is 6.18 Å². The number of alkyl halides is 3. The molecular weight excluding hydrogens is 421 g/mol. The average molecular weight is 443 g/mol. The third kappa shape index (κ3) is 5.76. The lowest BCUT2D eigenvalue weighted by Crippen LogP contribution is -2.48. The number of rotatable bonds is 6. The number of carbonyl (C=O) groups is 1. The Bertz CT molecular complexity index is 926. The summed E-state index contributed by atoms with van der Waals surface area (Å²) < 4.78 is 39.3. The molecule has 0 bridgehead atoms. The van der Waals surface area contributed by atoms with Crippen molar-refractivity contribution in [3.63, 3.8) is 0 Å². The Balaban J connectivity index is 1.46. The van der Waals surface area contributed by atoms with E-state index in [0.29, 0.717) is 29.9 Å². The van der Waals surface area contributed by atoms with Gasteiger partial charge in [0, 0.05) is 51.2 Å². The number of anilines is 1. The second-order valence-corrected chi connectivity index (χ2v) is 7.43. The fourth-order valence-electron chi connectivity index (χ4n) is 3.30. The number of halogens is 4. The van der Waals surface area contributed by atoms with Crippen LogP contribution in [0.25, 0.3) is 0 Å². The van der Waals surface area contributed by atoms with E-state index >= 15 is 0 Å². The van der Waals surface area contributed by atoms with Crippen molar-refractivity contribution in [1.29, 1.82) is 0 Å². The van der Waals surface area contributed by atoms with E-state index in [1.54, 1.807) is 0 Å². The SMILES string of the molecule is O=C(Cn1cc(C(F)(F)F)cc(Cl)c1=O)NCCN1CCN(c2ccccc2)CC1. The molecule has 1 fully saturated rings. The van der Waals surface area contributed by atoms with Gasteiger partial charge in [-0.1, -0.05) is 29.8 Å². The molecule has 3 rings (SSSR count).